The number of fused-ring (bicyclic) bond motifs is 1. The molecule has 2 amide bonds. The summed E-state index contributed by atoms with van der Waals surface area (Å²) in [6.07, 6.45) is 9.27. The summed E-state index contributed by atoms with van der Waals surface area (Å²) in [5.74, 6) is 0.186. The lowest BCUT2D eigenvalue weighted by atomic mass is 9.79. The average Bonchev–Trinajstić information content (AvgIpc) is 3.04. The Morgan fingerprint density at radius 2 is 1.69 bits per heavy atom. The molecule has 0 unspecified atom stereocenters. The molecule has 0 radical (unpaired) electrons. The summed E-state index contributed by atoms with van der Waals surface area (Å²) in [5, 5.41) is 4.52. The molecular formula is C37H36Cl2N2O4. The van der Waals surface area contributed by atoms with Crippen LogP contribution in [0, 0.1) is 0 Å². The van der Waals surface area contributed by atoms with E-state index in [2.05, 4.69) is 35.7 Å². The zero-order chi connectivity index (χ0) is 31.3. The molecule has 1 saturated carbocycles. The number of piperidine rings is 1. The number of carbonyl (C=O) groups is 2. The first-order chi connectivity index (χ1) is 21.8. The number of allylic oxidation sites excluding steroid dienone is 1. The lowest BCUT2D eigenvalue weighted by Crippen LogP contribution is -2.36. The number of rotatable bonds is 8. The van der Waals surface area contributed by atoms with Gasteiger partial charge >= 0.3 is 0 Å². The Hall–Kier alpha value is -3.87. The van der Waals surface area contributed by atoms with Crippen LogP contribution in [0.5, 0.6) is 0 Å². The fraction of sp³-hybridized carbons (Fsp3) is 0.324. The standard InChI is InChI=1S/C37H36Cl2N2O4/c38-28-14-10-25(11-15-28)20-30(40-37(44)35-22-33(42)32-21-29(39)16-17-34(32)45-35)19-24-8-12-26(13-9-24)31-6-2-1-5-27(31)23-41-18-4-3-7-36(41)43/h1-2,5-6,10-11,14-17,19,21-22,26,30H,3-4,7-9,12-13,18,20,23H2,(H,40,44)/t26?,30-/m0/s1. The van der Waals surface area contributed by atoms with Crippen molar-refractivity contribution in [3.63, 3.8) is 0 Å². The van der Waals surface area contributed by atoms with Crippen molar-refractivity contribution in [3.8, 4) is 0 Å². The second kappa shape index (κ2) is 14.1. The molecule has 6 rings (SSSR count). The largest absolute Gasteiger partial charge is 0.451 e. The maximum Gasteiger partial charge on any atom is 0.287 e. The number of hydrogen-bond acceptors (Lipinski definition) is 4. The van der Waals surface area contributed by atoms with Crippen molar-refractivity contribution >= 4 is 46.0 Å². The number of amides is 2. The van der Waals surface area contributed by atoms with Crippen LogP contribution in [0.25, 0.3) is 11.0 Å². The van der Waals surface area contributed by atoms with Crippen molar-refractivity contribution in [3.05, 3.63) is 127 Å². The summed E-state index contributed by atoms with van der Waals surface area (Å²) in [6.45, 7) is 1.52. The minimum atomic E-state index is -0.449. The fourth-order valence-corrected chi connectivity index (χ4v) is 6.87. The van der Waals surface area contributed by atoms with Gasteiger partial charge in [0.05, 0.1) is 11.4 Å². The predicted octanol–water partition coefficient (Wildman–Crippen LogP) is 8.24. The lowest BCUT2D eigenvalue weighted by molar-refractivity contribution is -0.133. The Morgan fingerprint density at radius 1 is 0.933 bits per heavy atom. The van der Waals surface area contributed by atoms with Gasteiger partial charge in [-0.3, -0.25) is 14.4 Å². The van der Waals surface area contributed by atoms with E-state index in [9.17, 15) is 14.4 Å². The van der Waals surface area contributed by atoms with E-state index in [1.54, 1.807) is 18.2 Å². The van der Waals surface area contributed by atoms with E-state index in [-0.39, 0.29) is 23.1 Å². The van der Waals surface area contributed by atoms with Gasteiger partial charge in [0, 0.05) is 35.6 Å². The van der Waals surface area contributed by atoms with Gasteiger partial charge in [0.15, 0.2) is 11.2 Å². The molecule has 4 aromatic rings. The number of halogens is 2. The molecule has 0 bridgehead atoms. The number of likely N-dealkylation sites (tertiary alicyclic amines) is 1. The quantitative estimate of drug-likeness (QED) is 0.196. The lowest BCUT2D eigenvalue weighted by Gasteiger charge is -2.31. The van der Waals surface area contributed by atoms with Crippen LogP contribution >= 0.6 is 23.2 Å². The molecule has 232 valence electrons. The minimum absolute atomic E-state index is 0.0400. The molecule has 1 atom stereocenters. The predicted molar refractivity (Wildman–Crippen MR) is 179 cm³/mol. The highest BCUT2D eigenvalue weighted by Crippen LogP contribution is 2.37. The van der Waals surface area contributed by atoms with Crippen LogP contribution in [-0.2, 0) is 17.8 Å². The molecule has 45 heavy (non-hydrogen) atoms. The fourth-order valence-electron chi connectivity index (χ4n) is 6.57. The van der Waals surface area contributed by atoms with E-state index in [4.69, 9.17) is 27.6 Å². The van der Waals surface area contributed by atoms with Crippen molar-refractivity contribution in [2.75, 3.05) is 6.54 Å². The average molecular weight is 644 g/mol. The van der Waals surface area contributed by atoms with Gasteiger partial charge in [-0.2, -0.15) is 0 Å². The van der Waals surface area contributed by atoms with Crippen LogP contribution in [0.1, 0.15) is 78.1 Å². The van der Waals surface area contributed by atoms with Gasteiger partial charge < -0.3 is 14.6 Å². The summed E-state index contributed by atoms with van der Waals surface area (Å²) >= 11 is 12.2. The first-order valence-electron chi connectivity index (χ1n) is 15.7. The van der Waals surface area contributed by atoms with Crippen molar-refractivity contribution in [2.24, 2.45) is 0 Å². The molecule has 2 aliphatic rings. The Morgan fingerprint density at radius 3 is 2.47 bits per heavy atom. The highest BCUT2D eigenvalue weighted by atomic mass is 35.5. The normalized spacial score (nSPS) is 17.7. The third-order valence-electron chi connectivity index (χ3n) is 8.94. The van der Waals surface area contributed by atoms with Crippen molar-refractivity contribution < 1.29 is 14.0 Å². The minimum Gasteiger partial charge on any atom is -0.451 e. The summed E-state index contributed by atoms with van der Waals surface area (Å²) < 4.78 is 5.82. The number of nitrogens with zero attached hydrogens (tertiary/aromatic N) is 1. The molecule has 3 aromatic carbocycles. The van der Waals surface area contributed by atoms with Crippen LogP contribution in [-0.4, -0.2) is 29.3 Å². The van der Waals surface area contributed by atoms with E-state index in [0.29, 0.717) is 46.3 Å². The maximum absolute atomic E-state index is 13.4. The topological polar surface area (TPSA) is 79.6 Å². The van der Waals surface area contributed by atoms with Crippen molar-refractivity contribution in [1.82, 2.24) is 10.2 Å². The SMILES string of the molecule is O=C(N[C@@H](C=C1CCC(c2ccccc2CN2CCCCC2=O)CC1)Cc1ccc(Cl)cc1)c1cc(=O)c2cc(Cl)ccc2o1. The first-order valence-corrected chi connectivity index (χ1v) is 16.4. The van der Waals surface area contributed by atoms with E-state index in [0.717, 1.165) is 50.6 Å². The third-order valence-corrected chi connectivity index (χ3v) is 9.43. The summed E-state index contributed by atoms with van der Waals surface area (Å²) in [6, 6.07) is 21.8. The molecule has 0 spiro atoms. The number of carbonyl (C=O) groups excluding carboxylic acids is 2. The van der Waals surface area contributed by atoms with E-state index in [1.807, 2.05) is 29.2 Å². The number of nitrogens with one attached hydrogen (secondary N) is 1. The highest BCUT2D eigenvalue weighted by Gasteiger charge is 2.25. The van der Waals surface area contributed by atoms with Gasteiger partial charge in [-0.1, -0.05) is 71.2 Å². The second-order valence-electron chi connectivity index (χ2n) is 12.1. The van der Waals surface area contributed by atoms with Gasteiger partial charge in [-0.25, -0.2) is 0 Å². The van der Waals surface area contributed by atoms with Crippen LogP contribution in [0.15, 0.2) is 93.7 Å². The zero-order valence-corrected chi connectivity index (χ0v) is 26.6. The Bertz CT molecular complexity index is 1790. The summed E-state index contributed by atoms with van der Waals surface area (Å²) in [4.78, 5) is 40.7. The number of benzene rings is 3. The molecule has 1 N–H and O–H groups in total. The molecule has 1 aromatic heterocycles. The van der Waals surface area contributed by atoms with E-state index < -0.39 is 5.91 Å². The molecule has 2 heterocycles. The Balaban J connectivity index is 1.18. The van der Waals surface area contributed by atoms with E-state index >= 15 is 0 Å². The Kier molecular flexibility index (Phi) is 9.72. The Labute approximate surface area is 273 Å². The van der Waals surface area contributed by atoms with Gasteiger partial charge in [0.25, 0.3) is 5.91 Å². The molecule has 1 aliphatic carbocycles. The highest BCUT2D eigenvalue weighted by molar-refractivity contribution is 6.31. The first kappa shape index (κ1) is 31.1. The van der Waals surface area contributed by atoms with Crippen molar-refractivity contribution in [1.29, 1.82) is 0 Å². The van der Waals surface area contributed by atoms with Gasteiger partial charge in [0.2, 0.25) is 5.91 Å². The molecule has 2 fully saturated rings. The molecule has 6 nitrogen and oxygen atoms in total. The molecule has 1 aliphatic heterocycles. The third kappa shape index (κ3) is 7.69. The van der Waals surface area contributed by atoms with Gasteiger partial charge in [0.1, 0.15) is 5.58 Å². The summed E-state index contributed by atoms with van der Waals surface area (Å²) in [5.41, 5.74) is 4.91. The second-order valence-corrected chi connectivity index (χ2v) is 13.0. The van der Waals surface area contributed by atoms with Crippen molar-refractivity contribution in [2.45, 2.75) is 69.9 Å². The van der Waals surface area contributed by atoms with Gasteiger partial charge in [-0.05, 0) is 97.9 Å². The van der Waals surface area contributed by atoms with Crippen LogP contribution in [0.2, 0.25) is 10.0 Å². The van der Waals surface area contributed by atoms with Gasteiger partial charge in [-0.15, -0.1) is 0 Å². The molecule has 1 saturated heterocycles. The van der Waals surface area contributed by atoms with Crippen LogP contribution in [0.3, 0.4) is 0 Å². The van der Waals surface area contributed by atoms with Crippen LogP contribution < -0.4 is 10.7 Å². The molecule has 8 heteroatoms. The monoisotopic (exact) mass is 642 g/mol. The molecular weight excluding hydrogens is 607 g/mol. The maximum atomic E-state index is 13.4. The number of hydrogen-bond donors (Lipinski definition) is 1. The van der Waals surface area contributed by atoms with Crippen LogP contribution in [0.4, 0.5) is 0 Å². The smallest absolute Gasteiger partial charge is 0.287 e. The zero-order valence-electron chi connectivity index (χ0n) is 25.1. The van der Waals surface area contributed by atoms with E-state index in [1.165, 1.54) is 22.8 Å². The summed E-state index contributed by atoms with van der Waals surface area (Å²) in [7, 11) is 0.